The fourth-order valence-corrected chi connectivity index (χ4v) is 7.07. The molecule has 238 valence electrons. The first kappa shape index (κ1) is 31.4. The van der Waals surface area contributed by atoms with Crippen molar-refractivity contribution in [1.29, 1.82) is 0 Å². The predicted molar refractivity (Wildman–Crippen MR) is 183 cm³/mol. The number of hydrogen-bond acceptors (Lipinski definition) is 7. The number of rotatable bonds is 9. The van der Waals surface area contributed by atoms with Crippen molar-refractivity contribution in [2.75, 3.05) is 30.8 Å². The first-order valence-electron chi connectivity index (χ1n) is 15.7. The van der Waals surface area contributed by atoms with Crippen LogP contribution < -0.4 is 20.7 Å². The van der Waals surface area contributed by atoms with E-state index in [4.69, 9.17) is 9.47 Å². The fourth-order valence-electron chi connectivity index (χ4n) is 6.14. The van der Waals surface area contributed by atoms with Gasteiger partial charge in [0.15, 0.2) is 0 Å². The van der Waals surface area contributed by atoms with Gasteiger partial charge in [0, 0.05) is 51.6 Å². The van der Waals surface area contributed by atoms with Gasteiger partial charge in [0.1, 0.15) is 12.4 Å². The SMILES string of the molecule is COC(=O)c1cc(C(=O)NCC(C)C)ccc1-c1cc2c(cc1C(=O)Nc1ccc3c(c1CC(C)C)CCN3)-c1sccc1CO2. The zero-order valence-electron chi connectivity index (χ0n) is 26.8. The number of anilines is 2. The van der Waals surface area contributed by atoms with Gasteiger partial charge < -0.3 is 25.4 Å². The smallest absolute Gasteiger partial charge is 0.338 e. The van der Waals surface area contributed by atoms with Crippen molar-refractivity contribution in [1.82, 2.24) is 5.32 Å². The van der Waals surface area contributed by atoms with Crippen molar-refractivity contribution in [2.24, 2.45) is 11.8 Å². The highest BCUT2D eigenvalue weighted by molar-refractivity contribution is 7.13. The van der Waals surface area contributed by atoms with Crippen molar-refractivity contribution in [3.8, 4) is 27.3 Å². The molecule has 0 radical (unpaired) electrons. The number of esters is 1. The molecule has 0 aliphatic carbocycles. The summed E-state index contributed by atoms with van der Waals surface area (Å²) >= 11 is 1.60. The molecule has 0 saturated heterocycles. The van der Waals surface area contributed by atoms with Crippen molar-refractivity contribution >= 4 is 40.5 Å². The average molecular weight is 638 g/mol. The zero-order valence-corrected chi connectivity index (χ0v) is 27.7. The Kier molecular flexibility index (Phi) is 8.86. The molecule has 0 saturated carbocycles. The van der Waals surface area contributed by atoms with Gasteiger partial charge in [-0.2, -0.15) is 0 Å². The Hall–Kier alpha value is -4.63. The van der Waals surface area contributed by atoms with Crippen LogP contribution in [0.5, 0.6) is 5.75 Å². The van der Waals surface area contributed by atoms with Crippen LogP contribution in [0.15, 0.2) is 53.9 Å². The first-order chi connectivity index (χ1) is 22.1. The minimum Gasteiger partial charge on any atom is -0.488 e. The van der Waals surface area contributed by atoms with E-state index in [2.05, 4.69) is 29.8 Å². The number of carbonyl (C=O) groups excluding carboxylic acids is 3. The Balaban J connectivity index is 1.48. The third-order valence-corrected chi connectivity index (χ3v) is 9.36. The molecule has 1 aromatic heterocycles. The van der Waals surface area contributed by atoms with Crippen LogP contribution in [-0.4, -0.2) is 38.0 Å². The van der Waals surface area contributed by atoms with Crippen LogP contribution in [0, 0.1) is 11.8 Å². The molecule has 0 fully saturated rings. The van der Waals surface area contributed by atoms with Crippen LogP contribution in [0.1, 0.15) is 75.5 Å². The highest BCUT2D eigenvalue weighted by atomic mass is 32.1. The summed E-state index contributed by atoms with van der Waals surface area (Å²) in [6.07, 6.45) is 1.74. The maximum atomic E-state index is 14.4. The summed E-state index contributed by atoms with van der Waals surface area (Å²) in [7, 11) is 1.30. The molecule has 3 aromatic carbocycles. The van der Waals surface area contributed by atoms with E-state index in [1.165, 1.54) is 18.7 Å². The van der Waals surface area contributed by atoms with Gasteiger partial charge >= 0.3 is 5.97 Å². The van der Waals surface area contributed by atoms with Crippen LogP contribution in [0.4, 0.5) is 11.4 Å². The number of carbonyl (C=O) groups is 3. The molecule has 2 amide bonds. The largest absolute Gasteiger partial charge is 0.488 e. The lowest BCUT2D eigenvalue weighted by molar-refractivity contribution is 0.0601. The Morgan fingerprint density at radius 3 is 2.52 bits per heavy atom. The standard InChI is InChI=1S/C37H39N3O5S/c1-20(2)14-27-25-10-12-38-31(25)8-9-32(27)40-36(42)28-16-30-33(45-19-23-11-13-46-34(23)30)17-26(28)24-7-6-22(15-29(24)37(43)44-5)35(41)39-18-21(3)4/h6-9,11,13,15-17,20-21,38H,10,12,14,18-19H2,1-5H3,(H,39,41)(H,40,42). The molecule has 2 aliphatic rings. The van der Waals surface area contributed by atoms with Crippen LogP contribution >= 0.6 is 11.3 Å². The summed E-state index contributed by atoms with van der Waals surface area (Å²) in [4.78, 5) is 41.6. The van der Waals surface area contributed by atoms with E-state index in [0.717, 1.165) is 52.3 Å². The highest BCUT2D eigenvalue weighted by Gasteiger charge is 2.28. The molecule has 0 spiro atoms. The summed E-state index contributed by atoms with van der Waals surface area (Å²) in [6.45, 7) is 10.2. The fraction of sp³-hybridized carbons (Fsp3) is 0.324. The minimum atomic E-state index is -0.607. The quantitative estimate of drug-likeness (QED) is 0.164. The molecule has 3 heterocycles. The van der Waals surface area contributed by atoms with Crippen LogP contribution in [0.3, 0.4) is 0 Å². The summed E-state index contributed by atoms with van der Waals surface area (Å²) in [5.74, 6) is 0.102. The number of fused-ring (bicyclic) bond motifs is 4. The number of hydrogen-bond donors (Lipinski definition) is 3. The van der Waals surface area contributed by atoms with Crippen molar-refractivity contribution in [3.63, 3.8) is 0 Å². The van der Waals surface area contributed by atoms with Crippen LogP contribution in [-0.2, 0) is 24.2 Å². The highest BCUT2D eigenvalue weighted by Crippen LogP contribution is 2.45. The monoisotopic (exact) mass is 637 g/mol. The Bertz CT molecular complexity index is 1840. The third kappa shape index (κ3) is 6.11. The van der Waals surface area contributed by atoms with E-state index >= 15 is 0 Å². The maximum absolute atomic E-state index is 14.4. The van der Waals surface area contributed by atoms with E-state index in [0.29, 0.717) is 47.1 Å². The van der Waals surface area contributed by atoms with Gasteiger partial charge in [0.25, 0.3) is 11.8 Å². The maximum Gasteiger partial charge on any atom is 0.338 e. The predicted octanol–water partition coefficient (Wildman–Crippen LogP) is 7.57. The Morgan fingerprint density at radius 1 is 0.935 bits per heavy atom. The normalized spacial score (nSPS) is 12.9. The molecular formula is C37H39N3O5S. The summed E-state index contributed by atoms with van der Waals surface area (Å²) < 4.78 is 11.3. The van der Waals surface area contributed by atoms with Gasteiger partial charge in [-0.3, -0.25) is 9.59 Å². The second-order valence-electron chi connectivity index (χ2n) is 12.7. The Morgan fingerprint density at radius 2 is 1.76 bits per heavy atom. The number of nitrogens with one attached hydrogen (secondary N) is 3. The molecule has 0 atom stereocenters. The van der Waals surface area contributed by atoms with E-state index < -0.39 is 5.97 Å². The van der Waals surface area contributed by atoms with Gasteiger partial charge in [-0.1, -0.05) is 33.8 Å². The number of benzene rings is 3. The molecule has 8 nitrogen and oxygen atoms in total. The minimum absolute atomic E-state index is 0.186. The molecule has 6 rings (SSSR count). The van der Waals surface area contributed by atoms with Crippen LogP contribution in [0.25, 0.3) is 21.6 Å². The second kappa shape index (κ2) is 13.0. The van der Waals surface area contributed by atoms with Crippen LogP contribution in [0.2, 0.25) is 0 Å². The molecule has 0 unspecified atom stereocenters. The van der Waals surface area contributed by atoms with E-state index in [1.54, 1.807) is 23.5 Å². The second-order valence-corrected chi connectivity index (χ2v) is 13.6. The number of ether oxygens (including phenoxy) is 2. The lowest BCUT2D eigenvalue weighted by atomic mass is 9.90. The number of amides is 2. The summed E-state index contributed by atoms with van der Waals surface area (Å²) in [5.41, 5.74) is 8.07. The summed E-state index contributed by atoms with van der Waals surface area (Å²) in [5, 5.41) is 11.6. The van der Waals surface area contributed by atoms with Crippen molar-refractivity contribution in [3.05, 3.63) is 87.3 Å². The third-order valence-electron chi connectivity index (χ3n) is 8.37. The molecule has 9 heteroatoms. The Labute approximate surface area is 273 Å². The molecule has 2 aliphatic heterocycles. The summed E-state index contributed by atoms with van der Waals surface area (Å²) in [6, 6.07) is 14.6. The van der Waals surface area contributed by atoms with Gasteiger partial charge in [-0.15, -0.1) is 11.3 Å². The molecule has 46 heavy (non-hydrogen) atoms. The van der Waals surface area contributed by atoms with Gasteiger partial charge in [0.2, 0.25) is 0 Å². The molecule has 3 N–H and O–H groups in total. The van der Waals surface area contributed by atoms with Gasteiger partial charge in [-0.05, 0) is 94.8 Å². The molecule has 0 bridgehead atoms. The van der Waals surface area contributed by atoms with Crippen molar-refractivity contribution < 1.29 is 23.9 Å². The van der Waals surface area contributed by atoms with E-state index in [9.17, 15) is 14.4 Å². The topological polar surface area (TPSA) is 106 Å². The zero-order chi connectivity index (χ0) is 32.5. The molecular weight excluding hydrogens is 598 g/mol. The lowest BCUT2D eigenvalue weighted by Crippen LogP contribution is -2.27. The van der Waals surface area contributed by atoms with Gasteiger partial charge in [-0.25, -0.2) is 4.79 Å². The first-order valence-corrected chi connectivity index (χ1v) is 16.6. The number of thiophene rings is 1. The van der Waals surface area contributed by atoms with E-state index in [1.807, 2.05) is 49.6 Å². The van der Waals surface area contributed by atoms with E-state index in [-0.39, 0.29) is 23.3 Å². The molecule has 4 aromatic rings. The lowest BCUT2D eigenvalue weighted by Gasteiger charge is -2.22. The number of methoxy groups -OCH3 is 1. The van der Waals surface area contributed by atoms with Crippen molar-refractivity contribution in [2.45, 2.75) is 47.1 Å². The average Bonchev–Trinajstić information content (AvgIpc) is 3.73. The van der Waals surface area contributed by atoms with Gasteiger partial charge in [0.05, 0.1) is 12.7 Å².